The van der Waals surface area contributed by atoms with Crippen LogP contribution in [-0.2, 0) is 0 Å². The van der Waals surface area contributed by atoms with E-state index in [0.29, 0.717) is 5.92 Å². The lowest BCUT2D eigenvalue weighted by atomic mass is 9.87. The molecule has 1 N–H and O–H groups in total. The molecule has 0 aliphatic heterocycles. The third-order valence-electron chi connectivity index (χ3n) is 5.19. The number of halogens is 1. The van der Waals surface area contributed by atoms with Gasteiger partial charge in [-0.25, -0.2) is 0 Å². The monoisotopic (exact) mass is 465 g/mol. The van der Waals surface area contributed by atoms with E-state index in [0.717, 1.165) is 0 Å². The van der Waals surface area contributed by atoms with E-state index < -0.39 is 0 Å². The number of benzene rings is 2. The normalized spacial score (nSPS) is 10.9. The van der Waals surface area contributed by atoms with Crippen LogP contribution >= 0.6 is 0 Å². The van der Waals surface area contributed by atoms with Crippen LogP contribution in [-0.4, -0.2) is 19.6 Å². The number of hydrogen-bond donors (Lipinski definition) is 1. The largest absolute Gasteiger partial charge is 1.00 e. The highest BCUT2D eigenvalue weighted by atomic mass is 127. The second-order valence-corrected chi connectivity index (χ2v) is 7.22. The lowest BCUT2D eigenvalue weighted by Gasteiger charge is -2.22. The van der Waals surface area contributed by atoms with Crippen LogP contribution in [0.2, 0.25) is 0 Å². The van der Waals surface area contributed by atoms with Crippen molar-refractivity contribution in [2.45, 2.75) is 58.3 Å². The number of unbranched alkanes of at least 4 members (excludes halogenated alkanes) is 2. The van der Waals surface area contributed by atoms with E-state index in [1.54, 1.807) is 0 Å². The molecule has 0 radical (unpaired) electrons. The Hall–Kier alpha value is -0.870. The molecule has 0 aliphatic carbocycles. The first kappa shape index (κ1) is 23.2. The molecule has 2 aromatic carbocycles. The van der Waals surface area contributed by atoms with Crippen LogP contribution in [0.3, 0.4) is 0 Å². The Morgan fingerprint density at radius 2 is 1.08 bits per heavy atom. The smallest absolute Gasteiger partial charge is 0.0771 e. The third-order valence-corrected chi connectivity index (χ3v) is 5.19. The number of hydrogen-bond acceptors (Lipinski definition) is 0. The molecular formula is C24H36IN. The van der Waals surface area contributed by atoms with Crippen molar-refractivity contribution in [3.05, 3.63) is 71.8 Å². The maximum Gasteiger partial charge on any atom is 0.0771 e. The van der Waals surface area contributed by atoms with Gasteiger partial charge in [0.2, 0.25) is 0 Å². The summed E-state index contributed by atoms with van der Waals surface area (Å²) in [6.07, 6.45) is 7.89. The SMILES string of the molecule is CCCC[NH+](CCCC)CCCC(c1ccccc1)c1ccccc1.[I-]. The van der Waals surface area contributed by atoms with Crippen molar-refractivity contribution in [1.29, 1.82) is 0 Å². The first-order valence-corrected chi connectivity index (χ1v) is 10.3. The summed E-state index contributed by atoms with van der Waals surface area (Å²) in [4.78, 5) is 1.81. The van der Waals surface area contributed by atoms with Gasteiger partial charge >= 0.3 is 0 Å². The Labute approximate surface area is 178 Å². The van der Waals surface area contributed by atoms with Crippen LogP contribution < -0.4 is 28.9 Å². The molecular weight excluding hydrogens is 429 g/mol. The van der Waals surface area contributed by atoms with Gasteiger partial charge in [0.25, 0.3) is 0 Å². The van der Waals surface area contributed by atoms with Crippen LogP contribution in [0.15, 0.2) is 60.7 Å². The van der Waals surface area contributed by atoms with E-state index in [9.17, 15) is 0 Å². The van der Waals surface area contributed by atoms with Gasteiger partial charge in [-0.05, 0) is 36.8 Å². The first-order valence-electron chi connectivity index (χ1n) is 10.3. The summed E-state index contributed by atoms with van der Waals surface area (Å²) in [6, 6.07) is 22.1. The fourth-order valence-corrected chi connectivity index (χ4v) is 3.68. The van der Waals surface area contributed by atoms with Gasteiger partial charge in [-0.3, -0.25) is 0 Å². The molecule has 0 unspecified atom stereocenters. The zero-order valence-electron chi connectivity index (χ0n) is 16.6. The number of nitrogens with one attached hydrogen (secondary N) is 1. The van der Waals surface area contributed by atoms with Crippen molar-refractivity contribution in [1.82, 2.24) is 0 Å². The van der Waals surface area contributed by atoms with Crippen molar-refractivity contribution in [3.8, 4) is 0 Å². The topological polar surface area (TPSA) is 4.44 Å². The van der Waals surface area contributed by atoms with E-state index in [1.165, 1.54) is 69.3 Å². The predicted molar refractivity (Wildman–Crippen MR) is 109 cm³/mol. The molecule has 0 fully saturated rings. The first-order chi connectivity index (χ1) is 12.3. The van der Waals surface area contributed by atoms with Crippen molar-refractivity contribution in [3.63, 3.8) is 0 Å². The Morgan fingerprint density at radius 3 is 1.50 bits per heavy atom. The molecule has 0 heterocycles. The Morgan fingerprint density at radius 1 is 0.654 bits per heavy atom. The molecule has 0 aromatic heterocycles. The predicted octanol–water partition coefficient (Wildman–Crippen LogP) is 2.09. The van der Waals surface area contributed by atoms with Crippen LogP contribution in [0.5, 0.6) is 0 Å². The summed E-state index contributed by atoms with van der Waals surface area (Å²) in [6.45, 7) is 8.61. The number of rotatable bonds is 12. The van der Waals surface area contributed by atoms with Gasteiger partial charge in [0.05, 0.1) is 19.6 Å². The molecule has 0 spiro atoms. The van der Waals surface area contributed by atoms with E-state index in [2.05, 4.69) is 74.5 Å². The molecule has 0 saturated heterocycles. The minimum absolute atomic E-state index is 0. The highest BCUT2D eigenvalue weighted by molar-refractivity contribution is 5.32. The lowest BCUT2D eigenvalue weighted by Crippen LogP contribution is -3.12. The van der Waals surface area contributed by atoms with E-state index in [4.69, 9.17) is 0 Å². The van der Waals surface area contributed by atoms with Crippen molar-refractivity contribution in [2.75, 3.05) is 19.6 Å². The maximum atomic E-state index is 2.30. The molecule has 0 aliphatic rings. The summed E-state index contributed by atoms with van der Waals surface area (Å²) in [7, 11) is 0. The molecule has 1 nitrogen and oxygen atoms in total. The highest BCUT2D eigenvalue weighted by Gasteiger charge is 2.15. The molecule has 144 valence electrons. The van der Waals surface area contributed by atoms with Gasteiger partial charge in [-0.15, -0.1) is 0 Å². The Bertz CT molecular complexity index is 507. The molecule has 2 rings (SSSR count). The second kappa shape index (κ2) is 14.2. The zero-order chi connectivity index (χ0) is 17.7. The van der Waals surface area contributed by atoms with Crippen molar-refractivity contribution < 1.29 is 28.9 Å². The average molecular weight is 465 g/mol. The third kappa shape index (κ3) is 8.22. The maximum absolute atomic E-state index is 2.30. The Balaban J connectivity index is 0.00000338. The summed E-state index contributed by atoms with van der Waals surface area (Å²) >= 11 is 0. The minimum atomic E-state index is 0. The van der Waals surface area contributed by atoms with Gasteiger partial charge in [0, 0.05) is 5.92 Å². The van der Waals surface area contributed by atoms with Crippen molar-refractivity contribution in [2.24, 2.45) is 0 Å². The Kier molecular flexibility index (Phi) is 12.7. The molecule has 0 bridgehead atoms. The van der Waals surface area contributed by atoms with E-state index >= 15 is 0 Å². The van der Waals surface area contributed by atoms with Gasteiger partial charge < -0.3 is 28.9 Å². The molecule has 0 atom stereocenters. The highest BCUT2D eigenvalue weighted by Crippen LogP contribution is 2.28. The van der Waals surface area contributed by atoms with Crippen LogP contribution in [0.4, 0.5) is 0 Å². The van der Waals surface area contributed by atoms with Gasteiger partial charge in [-0.1, -0.05) is 87.4 Å². The summed E-state index contributed by atoms with van der Waals surface area (Å²) < 4.78 is 0. The molecule has 0 amide bonds. The molecule has 26 heavy (non-hydrogen) atoms. The van der Waals surface area contributed by atoms with Crippen molar-refractivity contribution >= 4 is 0 Å². The van der Waals surface area contributed by atoms with Crippen LogP contribution in [0.25, 0.3) is 0 Å². The zero-order valence-corrected chi connectivity index (χ0v) is 18.8. The molecule has 2 heteroatoms. The van der Waals surface area contributed by atoms with E-state index in [1.807, 2.05) is 4.90 Å². The second-order valence-electron chi connectivity index (χ2n) is 7.22. The van der Waals surface area contributed by atoms with Crippen LogP contribution in [0, 0.1) is 0 Å². The van der Waals surface area contributed by atoms with Gasteiger partial charge in [0.1, 0.15) is 0 Å². The molecule has 2 aromatic rings. The summed E-state index contributed by atoms with van der Waals surface area (Å²) in [5.41, 5.74) is 2.91. The van der Waals surface area contributed by atoms with Gasteiger partial charge in [0.15, 0.2) is 0 Å². The fourth-order valence-electron chi connectivity index (χ4n) is 3.68. The van der Waals surface area contributed by atoms with Gasteiger partial charge in [-0.2, -0.15) is 0 Å². The number of quaternary nitrogens is 1. The summed E-state index contributed by atoms with van der Waals surface area (Å²) in [5, 5.41) is 0. The lowest BCUT2D eigenvalue weighted by molar-refractivity contribution is -0.900. The quantitative estimate of drug-likeness (QED) is 0.458. The molecule has 0 saturated carbocycles. The van der Waals surface area contributed by atoms with E-state index in [-0.39, 0.29) is 24.0 Å². The minimum Gasteiger partial charge on any atom is -1.00 e. The summed E-state index contributed by atoms with van der Waals surface area (Å²) in [5.74, 6) is 0.529. The average Bonchev–Trinajstić information content (AvgIpc) is 2.68. The standard InChI is InChI=1S/C24H35N.HI/c1-3-5-19-25(20-6-4-2)21-13-18-24(22-14-9-7-10-15-22)23-16-11-8-12-17-23;/h7-12,14-17,24H,3-6,13,18-21H2,1-2H3;1H. The fraction of sp³-hybridized carbons (Fsp3) is 0.500. The van der Waals surface area contributed by atoms with Crippen LogP contribution in [0.1, 0.15) is 69.4 Å².